The summed E-state index contributed by atoms with van der Waals surface area (Å²) in [6.07, 6.45) is 6.14. The third-order valence-electron chi connectivity index (χ3n) is 4.22. The number of pyridine rings is 1. The number of aromatic nitrogens is 1. The predicted octanol–water partition coefficient (Wildman–Crippen LogP) is 2.07. The topological polar surface area (TPSA) is 106 Å². The van der Waals surface area contributed by atoms with Crippen LogP contribution in [0.1, 0.15) is 32.8 Å². The number of rotatable bonds is 3. The zero-order valence-electron chi connectivity index (χ0n) is 12.0. The van der Waals surface area contributed by atoms with E-state index in [9.17, 15) is 10.1 Å². The molecular formula is C16H16N4OS. The van der Waals surface area contributed by atoms with Crippen molar-refractivity contribution in [2.75, 3.05) is 5.73 Å². The smallest absolute Gasteiger partial charge is 0.251 e. The number of hydrogen-bond acceptors (Lipinski definition) is 5. The van der Waals surface area contributed by atoms with Crippen LogP contribution in [0.25, 0.3) is 0 Å². The Morgan fingerprint density at radius 2 is 2.36 bits per heavy atom. The summed E-state index contributed by atoms with van der Waals surface area (Å²) in [5, 5.41) is 10.2. The van der Waals surface area contributed by atoms with E-state index in [1.165, 1.54) is 11.3 Å². The van der Waals surface area contributed by atoms with Crippen LogP contribution in [0.15, 0.2) is 24.5 Å². The fourth-order valence-electron chi connectivity index (χ4n) is 3.15. The van der Waals surface area contributed by atoms with Gasteiger partial charge in [-0.2, -0.15) is 5.26 Å². The van der Waals surface area contributed by atoms with Gasteiger partial charge in [0.25, 0.3) is 5.91 Å². The van der Waals surface area contributed by atoms with Gasteiger partial charge in [0.1, 0.15) is 0 Å². The van der Waals surface area contributed by atoms with E-state index >= 15 is 0 Å². The van der Waals surface area contributed by atoms with Gasteiger partial charge in [0.15, 0.2) is 0 Å². The van der Waals surface area contributed by atoms with Crippen molar-refractivity contribution in [3.05, 3.63) is 46.1 Å². The fraction of sp³-hybridized carbons (Fsp3) is 0.312. The third-order valence-corrected chi connectivity index (χ3v) is 5.28. The molecule has 0 aromatic carbocycles. The molecule has 1 atom stereocenters. The minimum Gasteiger partial charge on any atom is -0.390 e. The first kappa shape index (κ1) is 14.5. The van der Waals surface area contributed by atoms with Crippen molar-refractivity contribution in [1.82, 2.24) is 4.98 Å². The maximum atomic E-state index is 11.6. The van der Waals surface area contributed by atoms with Crippen molar-refractivity contribution in [3.8, 4) is 6.07 Å². The molecule has 0 spiro atoms. The van der Waals surface area contributed by atoms with Crippen LogP contribution >= 0.6 is 11.3 Å². The number of nitrogens with two attached hydrogens (primary N) is 2. The van der Waals surface area contributed by atoms with Gasteiger partial charge in [-0.1, -0.05) is 6.07 Å². The molecule has 4 N–H and O–H groups in total. The number of nitrogens with zero attached hydrogens (tertiary/aromatic N) is 2. The second-order valence-corrected chi connectivity index (χ2v) is 6.85. The van der Waals surface area contributed by atoms with Crippen molar-refractivity contribution in [2.24, 2.45) is 11.1 Å². The van der Waals surface area contributed by atoms with Crippen molar-refractivity contribution in [2.45, 2.75) is 25.7 Å². The molecule has 1 unspecified atom stereocenters. The highest BCUT2D eigenvalue weighted by atomic mass is 32.1. The van der Waals surface area contributed by atoms with Crippen molar-refractivity contribution >= 4 is 22.2 Å². The Hall–Kier alpha value is -2.39. The lowest BCUT2D eigenvalue weighted by Crippen LogP contribution is -2.30. The second-order valence-electron chi connectivity index (χ2n) is 5.71. The first-order valence-corrected chi connectivity index (χ1v) is 7.86. The van der Waals surface area contributed by atoms with E-state index in [1.54, 1.807) is 12.4 Å². The van der Waals surface area contributed by atoms with Crippen LogP contribution in [0.4, 0.5) is 5.00 Å². The molecule has 0 saturated heterocycles. The number of nitriles is 1. The van der Waals surface area contributed by atoms with E-state index in [-0.39, 0.29) is 0 Å². The van der Waals surface area contributed by atoms with Gasteiger partial charge in [0, 0.05) is 23.7 Å². The summed E-state index contributed by atoms with van der Waals surface area (Å²) in [4.78, 5) is 16.7. The molecule has 2 aromatic heterocycles. The van der Waals surface area contributed by atoms with Crippen LogP contribution < -0.4 is 11.5 Å². The van der Waals surface area contributed by atoms with E-state index in [2.05, 4.69) is 11.1 Å². The van der Waals surface area contributed by atoms with E-state index in [0.29, 0.717) is 36.2 Å². The molecule has 0 aliphatic heterocycles. The summed E-state index contributed by atoms with van der Waals surface area (Å²) in [6.45, 7) is 0. The molecule has 2 aromatic rings. The lowest BCUT2D eigenvalue weighted by Gasteiger charge is -2.30. The van der Waals surface area contributed by atoms with Gasteiger partial charge in [0.05, 0.1) is 22.0 Å². The Morgan fingerprint density at radius 3 is 3.00 bits per heavy atom. The molecule has 2 heterocycles. The number of carbonyl (C=O) groups is 1. The average molecular weight is 312 g/mol. The quantitative estimate of drug-likeness (QED) is 0.904. The molecule has 0 radical (unpaired) electrons. The van der Waals surface area contributed by atoms with E-state index in [1.807, 2.05) is 12.1 Å². The minimum atomic E-state index is -0.480. The highest BCUT2D eigenvalue weighted by molar-refractivity contribution is 7.16. The molecule has 1 aliphatic rings. The minimum absolute atomic E-state index is 0.452. The molecule has 0 fully saturated rings. The van der Waals surface area contributed by atoms with Gasteiger partial charge >= 0.3 is 0 Å². The van der Waals surface area contributed by atoms with Crippen LogP contribution in [0, 0.1) is 16.7 Å². The number of nitrogen functional groups attached to an aromatic ring is 1. The van der Waals surface area contributed by atoms with Crippen LogP contribution in [0.3, 0.4) is 0 Å². The molecule has 5 nitrogen and oxygen atoms in total. The lowest BCUT2D eigenvalue weighted by molar-refractivity contribution is 0.1000. The first-order valence-electron chi connectivity index (χ1n) is 7.05. The number of carbonyl (C=O) groups excluding carboxylic acids is 1. The van der Waals surface area contributed by atoms with Crippen LogP contribution in [0.5, 0.6) is 0 Å². The molecule has 0 saturated carbocycles. The molecule has 6 heteroatoms. The lowest BCUT2D eigenvalue weighted by atomic mass is 9.71. The van der Waals surface area contributed by atoms with Gasteiger partial charge in [-0.15, -0.1) is 11.3 Å². The largest absolute Gasteiger partial charge is 0.390 e. The third kappa shape index (κ3) is 2.44. The summed E-state index contributed by atoms with van der Waals surface area (Å²) >= 11 is 1.38. The van der Waals surface area contributed by atoms with E-state index < -0.39 is 11.3 Å². The maximum absolute atomic E-state index is 11.6. The predicted molar refractivity (Wildman–Crippen MR) is 85.3 cm³/mol. The number of fused-ring (bicyclic) bond motifs is 1. The zero-order chi connectivity index (χ0) is 15.7. The highest BCUT2D eigenvalue weighted by Gasteiger charge is 2.38. The van der Waals surface area contributed by atoms with E-state index in [0.717, 1.165) is 16.0 Å². The molecular weight excluding hydrogens is 296 g/mol. The van der Waals surface area contributed by atoms with Crippen molar-refractivity contribution in [1.29, 1.82) is 5.26 Å². The van der Waals surface area contributed by atoms with Gasteiger partial charge < -0.3 is 11.5 Å². The first-order chi connectivity index (χ1) is 10.5. The standard InChI is InChI=1S/C16H16N4OS/c17-9-16(6-10-2-1-5-20-8-10)4-3-11-12(7-16)22-15(19)13(11)14(18)21/h1-2,5,8H,3-4,6-7,19H2,(H2,18,21). The number of hydrogen-bond donors (Lipinski definition) is 2. The van der Waals surface area contributed by atoms with Crippen molar-refractivity contribution < 1.29 is 4.79 Å². The fourth-order valence-corrected chi connectivity index (χ4v) is 4.42. The zero-order valence-corrected chi connectivity index (χ0v) is 12.8. The molecule has 112 valence electrons. The Morgan fingerprint density at radius 1 is 1.55 bits per heavy atom. The Bertz CT molecular complexity index is 762. The molecule has 0 bridgehead atoms. The summed E-state index contributed by atoms with van der Waals surface area (Å²) in [7, 11) is 0. The number of amides is 1. The molecule has 1 aliphatic carbocycles. The summed E-state index contributed by atoms with van der Waals surface area (Å²) in [5.74, 6) is -0.480. The summed E-state index contributed by atoms with van der Waals surface area (Å²) in [6, 6.07) is 6.35. The Balaban J connectivity index is 1.94. The second kappa shape index (κ2) is 5.43. The molecule has 22 heavy (non-hydrogen) atoms. The van der Waals surface area contributed by atoms with Crippen LogP contribution in [-0.2, 0) is 19.3 Å². The highest BCUT2D eigenvalue weighted by Crippen LogP contribution is 2.44. The number of anilines is 1. The molecule has 1 amide bonds. The van der Waals surface area contributed by atoms with Crippen molar-refractivity contribution in [3.63, 3.8) is 0 Å². The Kier molecular flexibility index (Phi) is 3.59. The average Bonchev–Trinajstić information content (AvgIpc) is 2.83. The number of primary amides is 1. The van der Waals surface area contributed by atoms with Gasteiger partial charge in [0.2, 0.25) is 0 Å². The van der Waals surface area contributed by atoms with Crippen LogP contribution in [-0.4, -0.2) is 10.9 Å². The monoisotopic (exact) mass is 312 g/mol. The van der Waals surface area contributed by atoms with E-state index in [4.69, 9.17) is 11.5 Å². The van der Waals surface area contributed by atoms with Gasteiger partial charge in [-0.05, 0) is 36.5 Å². The number of thiophene rings is 1. The molecule has 3 rings (SSSR count). The normalized spacial score (nSPS) is 20.1. The van der Waals surface area contributed by atoms with Crippen LogP contribution in [0.2, 0.25) is 0 Å². The van der Waals surface area contributed by atoms with Gasteiger partial charge in [-0.25, -0.2) is 0 Å². The van der Waals surface area contributed by atoms with Gasteiger partial charge in [-0.3, -0.25) is 9.78 Å². The maximum Gasteiger partial charge on any atom is 0.251 e. The summed E-state index contributed by atoms with van der Waals surface area (Å²) < 4.78 is 0. The summed E-state index contributed by atoms with van der Waals surface area (Å²) in [5.41, 5.74) is 13.3. The Labute approximate surface area is 132 Å². The SMILES string of the molecule is N#CC1(Cc2cccnc2)CCc2c(sc(N)c2C(N)=O)C1.